The number of fused-ring (bicyclic) bond motifs is 5. The maximum Gasteiger partial charge on any atom is 0.153 e. The van der Waals surface area contributed by atoms with E-state index in [4.69, 9.17) is 4.74 Å². The molecule has 0 aromatic carbocycles. The van der Waals surface area contributed by atoms with E-state index in [1.807, 2.05) is 6.26 Å². The molecule has 4 aliphatic rings. The smallest absolute Gasteiger partial charge is 0.153 e. The third kappa shape index (κ3) is 0.578. The van der Waals surface area contributed by atoms with E-state index in [9.17, 15) is 0 Å². The van der Waals surface area contributed by atoms with Crippen molar-refractivity contribution in [2.45, 2.75) is 18.4 Å². The molecular weight excluding hydrogens is 172 g/mol. The Morgan fingerprint density at radius 2 is 2.36 bits per heavy atom. The number of ether oxygens (including phenoxy) is 1. The molecule has 4 rings (SSSR count). The molecule has 1 aliphatic heterocycles. The minimum Gasteiger partial charge on any atom is -0.486 e. The number of hydrogen-bond acceptors (Lipinski definition) is 1. The second-order valence-corrected chi connectivity index (χ2v) is 4.26. The minimum absolute atomic E-state index is 0.0866. The van der Waals surface area contributed by atoms with Crippen molar-refractivity contribution >= 4 is 0 Å². The van der Waals surface area contributed by atoms with E-state index in [0.29, 0.717) is 0 Å². The molecule has 0 saturated heterocycles. The summed E-state index contributed by atoms with van der Waals surface area (Å²) in [5.41, 5.74) is 5.70. The lowest BCUT2D eigenvalue weighted by molar-refractivity contribution is 0.131. The van der Waals surface area contributed by atoms with Crippen LogP contribution >= 0.6 is 0 Å². The summed E-state index contributed by atoms with van der Waals surface area (Å²) >= 11 is 0. The summed E-state index contributed by atoms with van der Waals surface area (Å²) in [6, 6.07) is 0. The second kappa shape index (κ2) is 1.95. The lowest BCUT2D eigenvalue weighted by Crippen LogP contribution is -2.26. The average Bonchev–Trinajstić information content (AvgIpc) is 2.88. The first-order chi connectivity index (χ1) is 6.89. The van der Waals surface area contributed by atoms with Crippen LogP contribution in [0, 0.1) is 0 Å². The number of hydrogen-bond donors (Lipinski definition) is 0. The summed E-state index contributed by atoms with van der Waals surface area (Å²) < 4.78 is 5.77. The topological polar surface area (TPSA) is 9.23 Å². The van der Waals surface area contributed by atoms with Gasteiger partial charge >= 0.3 is 0 Å². The quantitative estimate of drug-likeness (QED) is 0.559. The van der Waals surface area contributed by atoms with Gasteiger partial charge in [-0.1, -0.05) is 18.2 Å². The summed E-state index contributed by atoms with van der Waals surface area (Å²) in [4.78, 5) is 0. The summed E-state index contributed by atoms with van der Waals surface area (Å²) in [7, 11) is 0. The number of rotatable bonds is 0. The van der Waals surface area contributed by atoms with Gasteiger partial charge in [-0.3, -0.25) is 0 Å². The highest BCUT2D eigenvalue weighted by atomic mass is 16.5. The van der Waals surface area contributed by atoms with Crippen molar-refractivity contribution in [3.8, 4) is 0 Å². The molecule has 1 heteroatoms. The van der Waals surface area contributed by atoms with Crippen LogP contribution in [0.25, 0.3) is 0 Å². The first-order valence-electron chi connectivity index (χ1n) is 5.06. The molecule has 1 nitrogen and oxygen atoms in total. The van der Waals surface area contributed by atoms with Gasteiger partial charge in [0.15, 0.2) is 5.60 Å². The summed E-state index contributed by atoms with van der Waals surface area (Å²) in [5, 5.41) is 0. The Morgan fingerprint density at radius 3 is 3.21 bits per heavy atom. The van der Waals surface area contributed by atoms with E-state index in [2.05, 4.69) is 30.4 Å². The molecule has 14 heavy (non-hydrogen) atoms. The molecule has 0 fully saturated rings. The lowest BCUT2D eigenvalue weighted by atomic mass is 9.88. The van der Waals surface area contributed by atoms with Gasteiger partial charge in [-0.2, -0.15) is 0 Å². The normalized spacial score (nSPS) is 35.4. The summed E-state index contributed by atoms with van der Waals surface area (Å²) in [5.74, 6) is 0. The molecule has 0 amide bonds. The van der Waals surface area contributed by atoms with Crippen molar-refractivity contribution in [1.29, 1.82) is 0 Å². The fraction of sp³-hybridized carbons (Fsp3) is 0.231. The predicted molar refractivity (Wildman–Crippen MR) is 54.5 cm³/mol. The van der Waals surface area contributed by atoms with Gasteiger partial charge in [-0.05, 0) is 40.9 Å². The first-order valence-corrected chi connectivity index (χ1v) is 5.06. The molecule has 0 aromatic rings. The Hall–Kier alpha value is -1.50. The summed E-state index contributed by atoms with van der Waals surface area (Å²) in [6.07, 6.45) is 15.0. The van der Waals surface area contributed by atoms with Gasteiger partial charge in [-0.15, -0.1) is 0 Å². The minimum atomic E-state index is -0.0866. The van der Waals surface area contributed by atoms with Crippen LogP contribution in [0.3, 0.4) is 0 Å². The Labute approximate surface area is 82.8 Å². The highest BCUT2D eigenvalue weighted by Crippen LogP contribution is 2.54. The van der Waals surface area contributed by atoms with E-state index in [1.54, 1.807) is 0 Å². The van der Waals surface area contributed by atoms with E-state index in [0.717, 1.165) is 12.8 Å². The molecule has 68 valence electrons. The van der Waals surface area contributed by atoms with Gasteiger partial charge in [0.2, 0.25) is 0 Å². The lowest BCUT2D eigenvalue weighted by Gasteiger charge is -2.26. The fourth-order valence-electron chi connectivity index (χ4n) is 2.95. The SMILES string of the molecule is C1=CC2=C3CC(=CC34CC=CO4)C2=C1. The molecule has 0 N–H and O–H groups in total. The molecule has 1 atom stereocenters. The fourth-order valence-corrected chi connectivity index (χ4v) is 2.95. The van der Waals surface area contributed by atoms with Crippen LogP contribution in [-0.2, 0) is 4.74 Å². The van der Waals surface area contributed by atoms with Crippen LogP contribution in [-0.4, -0.2) is 5.60 Å². The average molecular weight is 182 g/mol. The van der Waals surface area contributed by atoms with E-state index in [1.165, 1.54) is 22.3 Å². The Kier molecular flexibility index (Phi) is 0.958. The predicted octanol–water partition coefficient (Wildman–Crippen LogP) is 2.80. The third-order valence-corrected chi connectivity index (χ3v) is 3.57. The van der Waals surface area contributed by atoms with Gasteiger partial charge < -0.3 is 4.74 Å². The molecular formula is C13H10O. The molecule has 0 radical (unpaired) electrons. The zero-order valence-corrected chi connectivity index (χ0v) is 7.79. The zero-order chi connectivity index (χ0) is 9.17. The van der Waals surface area contributed by atoms with Crippen LogP contribution in [0.15, 0.2) is 58.9 Å². The standard InChI is InChI=1S/C13H10O/c1-3-10-9-7-12(11(10)4-1)13(8-9)5-2-6-14-13/h1-4,6,8H,5,7H2. The Balaban J connectivity index is 1.96. The van der Waals surface area contributed by atoms with Gasteiger partial charge in [-0.25, -0.2) is 0 Å². The van der Waals surface area contributed by atoms with Crippen LogP contribution < -0.4 is 0 Å². The Morgan fingerprint density at radius 1 is 1.36 bits per heavy atom. The largest absolute Gasteiger partial charge is 0.486 e. The molecule has 1 spiro atoms. The van der Waals surface area contributed by atoms with E-state index in [-0.39, 0.29) is 5.60 Å². The second-order valence-electron chi connectivity index (χ2n) is 4.26. The van der Waals surface area contributed by atoms with Crippen LogP contribution in [0.5, 0.6) is 0 Å². The van der Waals surface area contributed by atoms with Crippen molar-refractivity contribution in [3.05, 3.63) is 58.9 Å². The van der Waals surface area contributed by atoms with Crippen molar-refractivity contribution in [2.24, 2.45) is 0 Å². The van der Waals surface area contributed by atoms with Gasteiger partial charge in [0.25, 0.3) is 0 Å². The van der Waals surface area contributed by atoms with Crippen LogP contribution in [0.1, 0.15) is 12.8 Å². The first kappa shape index (κ1) is 6.88. The highest BCUT2D eigenvalue weighted by Gasteiger charge is 2.47. The highest BCUT2D eigenvalue weighted by molar-refractivity contribution is 5.72. The van der Waals surface area contributed by atoms with Gasteiger partial charge in [0.05, 0.1) is 6.26 Å². The maximum atomic E-state index is 5.77. The monoisotopic (exact) mass is 182 g/mol. The van der Waals surface area contributed by atoms with E-state index >= 15 is 0 Å². The van der Waals surface area contributed by atoms with Gasteiger partial charge in [0, 0.05) is 6.42 Å². The molecule has 1 unspecified atom stereocenters. The Bertz CT molecular complexity index is 475. The summed E-state index contributed by atoms with van der Waals surface area (Å²) in [6.45, 7) is 0. The molecule has 3 aliphatic carbocycles. The van der Waals surface area contributed by atoms with Crippen LogP contribution in [0.4, 0.5) is 0 Å². The molecule has 0 aromatic heterocycles. The molecule has 1 heterocycles. The van der Waals surface area contributed by atoms with Crippen LogP contribution in [0.2, 0.25) is 0 Å². The third-order valence-electron chi connectivity index (χ3n) is 3.57. The maximum absolute atomic E-state index is 5.77. The van der Waals surface area contributed by atoms with Gasteiger partial charge in [0.1, 0.15) is 0 Å². The number of allylic oxidation sites excluding steroid dienone is 6. The van der Waals surface area contributed by atoms with E-state index < -0.39 is 0 Å². The zero-order valence-electron chi connectivity index (χ0n) is 7.79. The molecule has 2 bridgehead atoms. The molecule has 0 saturated carbocycles. The van der Waals surface area contributed by atoms with Crippen molar-refractivity contribution in [1.82, 2.24) is 0 Å². The van der Waals surface area contributed by atoms with Crippen molar-refractivity contribution < 1.29 is 4.74 Å². The van der Waals surface area contributed by atoms with Crippen molar-refractivity contribution in [3.63, 3.8) is 0 Å². The van der Waals surface area contributed by atoms with Crippen molar-refractivity contribution in [2.75, 3.05) is 0 Å².